The Bertz CT molecular complexity index is 1640. The van der Waals surface area contributed by atoms with Crippen LogP contribution < -0.4 is 15.5 Å². The lowest BCUT2D eigenvalue weighted by atomic mass is 9.81. The van der Waals surface area contributed by atoms with Gasteiger partial charge >= 0.3 is 6.18 Å². The Morgan fingerprint density at radius 3 is 2.38 bits per heavy atom. The van der Waals surface area contributed by atoms with E-state index in [0.717, 1.165) is 18.2 Å². The number of rotatable bonds is 7. The van der Waals surface area contributed by atoms with Gasteiger partial charge in [-0.25, -0.2) is 4.68 Å². The fraction of sp³-hybridized carbons (Fsp3) is 0.200. The quantitative estimate of drug-likeness (QED) is 0.281. The average Bonchev–Trinajstić information content (AvgIpc) is 3.42. The predicted molar refractivity (Wildman–Crippen MR) is 152 cm³/mol. The van der Waals surface area contributed by atoms with E-state index in [2.05, 4.69) is 15.7 Å². The number of likely N-dealkylation sites (N-methyl/N-ethyl adjacent to an activating group) is 1. The number of anilines is 2. The molecule has 8 nitrogen and oxygen atoms in total. The van der Waals surface area contributed by atoms with Gasteiger partial charge in [0.15, 0.2) is 0 Å². The largest absolute Gasteiger partial charge is 0.416 e. The highest BCUT2D eigenvalue weighted by molar-refractivity contribution is 6.29. The number of nitrogens with zero attached hydrogens (tertiary/aromatic N) is 3. The molecule has 0 saturated carbocycles. The Labute approximate surface area is 244 Å². The molecule has 3 aromatic carbocycles. The number of halogens is 4. The van der Waals surface area contributed by atoms with Crippen LogP contribution in [0.25, 0.3) is 5.69 Å². The zero-order chi connectivity index (χ0) is 30.0. The summed E-state index contributed by atoms with van der Waals surface area (Å²) < 4.78 is 41.7. The number of aromatic nitrogens is 2. The Kier molecular flexibility index (Phi) is 8.04. The number of amides is 3. The SMILES string of the molecule is CCN1C(=O)[C@@H](NC(=O)c2cccc(C(F)(F)F)c2)[C@H](c2ccccc2NC(=O)CCl)c2cnn(-c3ccccc3)c21. The van der Waals surface area contributed by atoms with Crippen molar-refractivity contribution in [2.24, 2.45) is 0 Å². The summed E-state index contributed by atoms with van der Waals surface area (Å²) in [5, 5.41) is 9.99. The van der Waals surface area contributed by atoms with Crippen LogP contribution in [0.1, 0.15) is 39.9 Å². The van der Waals surface area contributed by atoms with E-state index >= 15 is 0 Å². The number of para-hydroxylation sites is 2. The van der Waals surface area contributed by atoms with Crippen LogP contribution in [0.3, 0.4) is 0 Å². The third-order valence-corrected chi connectivity index (χ3v) is 7.22. The third-order valence-electron chi connectivity index (χ3n) is 6.97. The molecule has 0 unspecified atom stereocenters. The van der Waals surface area contributed by atoms with E-state index in [-0.39, 0.29) is 18.0 Å². The minimum absolute atomic E-state index is 0.220. The molecule has 4 aromatic rings. The molecule has 216 valence electrons. The molecular weight excluding hydrogens is 571 g/mol. The first-order valence-electron chi connectivity index (χ1n) is 13.0. The smallest absolute Gasteiger partial charge is 0.339 e. The lowest BCUT2D eigenvalue weighted by Crippen LogP contribution is -2.55. The van der Waals surface area contributed by atoms with Crippen molar-refractivity contribution >= 4 is 40.8 Å². The Morgan fingerprint density at radius 2 is 1.69 bits per heavy atom. The second kappa shape index (κ2) is 11.7. The fourth-order valence-electron chi connectivity index (χ4n) is 5.12. The molecule has 0 aliphatic carbocycles. The summed E-state index contributed by atoms with van der Waals surface area (Å²) in [4.78, 5) is 41.3. The van der Waals surface area contributed by atoms with Crippen molar-refractivity contribution in [3.63, 3.8) is 0 Å². The minimum atomic E-state index is -4.65. The van der Waals surface area contributed by atoms with Gasteiger partial charge in [0.2, 0.25) is 5.91 Å². The molecular formula is C30H25ClF3N5O3. The lowest BCUT2D eigenvalue weighted by Gasteiger charge is -2.38. The van der Waals surface area contributed by atoms with Crippen LogP contribution in [0.15, 0.2) is 85.1 Å². The van der Waals surface area contributed by atoms with Crippen molar-refractivity contribution < 1.29 is 27.6 Å². The minimum Gasteiger partial charge on any atom is -0.339 e. The van der Waals surface area contributed by atoms with Crippen molar-refractivity contribution in [1.82, 2.24) is 15.1 Å². The van der Waals surface area contributed by atoms with Gasteiger partial charge in [-0.2, -0.15) is 18.3 Å². The van der Waals surface area contributed by atoms with Crippen LogP contribution in [0.2, 0.25) is 0 Å². The molecule has 1 aliphatic rings. The summed E-state index contributed by atoms with van der Waals surface area (Å²) >= 11 is 5.74. The van der Waals surface area contributed by atoms with Crippen LogP contribution >= 0.6 is 11.6 Å². The summed E-state index contributed by atoms with van der Waals surface area (Å²) in [6.07, 6.45) is -3.06. The molecule has 0 radical (unpaired) electrons. The predicted octanol–water partition coefficient (Wildman–Crippen LogP) is 5.37. The highest BCUT2D eigenvalue weighted by Gasteiger charge is 2.45. The van der Waals surface area contributed by atoms with Gasteiger partial charge < -0.3 is 10.6 Å². The van der Waals surface area contributed by atoms with E-state index in [1.807, 2.05) is 30.3 Å². The summed E-state index contributed by atoms with van der Waals surface area (Å²) in [5.41, 5.74) is 0.874. The first-order valence-corrected chi connectivity index (χ1v) is 13.5. The standard InChI is InChI=1S/C30H25ClF3N5O3/c1-2-38-28-22(17-35-39(28)20-11-4-3-5-12-20)25(21-13-6-7-14-23(21)36-24(40)16-31)26(29(38)42)37-27(41)18-9-8-10-19(15-18)30(32,33)34/h3-15,17,25-26H,2,16H2,1H3,(H,36,40)(H,37,41)/t25-,26+/m1/s1. The van der Waals surface area contributed by atoms with Gasteiger partial charge in [0.1, 0.15) is 17.7 Å². The second-order valence-corrected chi connectivity index (χ2v) is 9.80. The van der Waals surface area contributed by atoms with Crippen molar-refractivity contribution in [3.05, 3.63) is 107 Å². The Balaban J connectivity index is 1.66. The number of benzene rings is 3. The van der Waals surface area contributed by atoms with Gasteiger partial charge in [0.05, 0.1) is 17.4 Å². The Morgan fingerprint density at radius 1 is 0.976 bits per heavy atom. The number of nitrogens with one attached hydrogen (secondary N) is 2. The van der Waals surface area contributed by atoms with Crippen LogP contribution in [-0.2, 0) is 15.8 Å². The maximum absolute atomic E-state index is 14.1. The molecule has 2 heterocycles. The molecule has 0 saturated heterocycles. The monoisotopic (exact) mass is 595 g/mol. The first-order chi connectivity index (χ1) is 20.1. The van der Waals surface area contributed by atoms with Crippen molar-refractivity contribution in [2.75, 3.05) is 22.6 Å². The average molecular weight is 596 g/mol. The van der Waals surface area contributed by atoms with E-state index in [0.29, 0.717) is 28.3 Å². The van der Waals surface area contributed by atoms with Crippen molar-refractivity contribution in [1.29, 1.82) is 0 Å². The molecule has 5 rings (SSSR count). The number of alkyl halides is 4. The number of hydrogen-bond donors (Lipinski definition) is 2. The number of carbonyl (C=O) groups is 3. The van der Waals surface area contributed by atoms with Gasteiger partial charge in [-0.05, 0) is 48.9 Å². The number of hydrogen-bond acceptors (Lipinski definition) is 4. The molecule has 0 bridgehead atoms. The highest BCUT2D eigenvalue weighted by atomic mass is 35.5. The first kappa shape index (κ1) is 28.9. The number of fused-ring (bicyclic) bond motifs is 1. The second-order valence-electron chi connectivity index (χ2n) is 9.53. The molecule has 12 heteroatoms. The maximum atomic E-state index is 14.1. The molecule has 1 aliphatic heterocycles. The van der Waals surface area contributed by atoms with Crippen molar-refractivity contribution in [2.45, 2.75) is 25.1 Å². The summed E-state index contributed by atoms with van der Waals surface area (Å²) in [6.45, 7) is 1.99. The van der Waals surface area contributed by atoms with E-state index in [1.165, 1.54) is 11.0 Å². The van der Waals surface area contributed by atoms with Crippen LogP contribution in [-0.4, -0.2) is 46.0 Å². The normalized spacial score (nSPS) is 16.6. The zero-order valence-electron chi connectivity index (χ0n) is 22.2. The lowest BCUT2D eigenvalue weighted by molar-refractivity contribution is -0.137. The van der Waals surface area contributed by atoms with Gasteiger partial charge in [0, 0.05) is 29.3 Å². The molecule has 0 spiro atoms. The molecule has 2 atom stereocenters. The van der Waals surface area contributed by atoms with Gasteiger partial charge in [0.25, 0.3) is 11.8 Å². The molecule has 2 N–H and O–H groups in total. The van der Waals surface area contributed by atoms with Crippen LogP contribution in [0.4, 0.5) is 24.7 Å². The molecule has 1 aromatic heterocycles. The van der Waals surface area contributed by atoms with Gasteiger partial charge in [-0.3, -0.25) is 19.3 Å². The van der Waals surface area contributed by atoms with E-state index in [9.17, 15) is 27.6 Å². The Hall–Kier alpha value is -4.64. The van der Waals surface area contributed by atoms with Crippen molar-refractivity contribution in [3.8, 4) is 5.69 Å². The third kappa shape index (κ3) is 5.47. The number of carbonyl (C=O) groups excluding carboxylic acids is 3. The molecule has 3 amide bonds. The summed E-state index contributed by atoms with van der Waals surface area (Å²) in [6, 6.07) is 18.7. The molecule has 42 heavy (non-hydrogen) atoms. The summed E-state index contributed by atoms with van der Waals surface area (Å²) in [7, 11) is 0. The topological polar surface area (TPSA) is 96.3 Å². The fourth-order valence-corrected chi connectivity index (χ4v) is 5.19. The van der Waals surface area contributed by atoms with Crippen LogP contribution in [0.5, 0.6) is 0 Å². The van der Waals surface area contributed by atoms with Gasteiger partial charge in [-0.15, -0.1) is 11.6 Å². The molecule has 0 fully saturated rings. The zero-order valence-corrected chi connectivity index (χ0v) is 23.0. The van der Waals surface area contributed by atoms with Gasteiger partial charge in [-0.1, -0.05) is 42.5 Å². The van der Waals surface area contributed by atoms with E-state index < -0.39 is 41.4 Å². The highest BCUT2D eigenvalue weighted by Crippen LogP contribution is 2.43. The van der Waals surface area contributed by atoms with E-state index in [1.54, 1.807) is 42.1 Å². The van der Waals surface area contributed by atoms with E-state index in [4.69, 9.17) is 11.6 Å². The van der Waals surface area contributed by atoms with Crippen LogP contribution in [0, 0.1) is 0 Å². The maximum Gasteiger partial charge on any atom is 0.416 e. The summed E-state index contributed by atoms with van der Waals surface area (Å²) in [5.74, 6) is -2.54.